The maximum Gasteiger partial charge on any atom is 0.310 e. The Balaban J connectivity index is 2.10. The van der Waals surface area contributed by atoms with E-state index in [0.29, 0.717) is 12.5 Å². The molecule has 0 spiro atoms. The average molecular weight is 300 g/mol. The number of halogens is 1. The number of hydrogen-bond donors (Lipinski definition) is 0. The molecule has 2 rings (SSSR count). The zero-order chi connectivity index (χ0) is 12.4. The third kappa shape index (κ3) is 2.57. The first-order valence-electron chi connectivity index (χ1n) is 5.42. The van der Waals surface area contributed by atoms with E-state index in [1.807, 2.05) is 11.8 Å². The number of nitrogens with zero attached hydrogens (tertiary/aromatic N) is 3. The molecule has 1 aromatic heterocycles. The number of aromatic nitrogens is 2. The second-order valence-corrected chi connectivity index (χ2v) is 5.13. The zero-order valence-corrected chi connectivity index (χ0v) is 11.3. The Labute approximate surface area is 108 Å². The minimum absolute atomic E-state index is 0.0905. The highest BCUT2D eigenvalue weighted by Gasteiger charge is 2.36. The van der Waals surface area contributed by atoms with Crippen molar-refractivity contribution >= 4 is 27.8 Å². The van der Waals surface area contributed by atoms with Gasteiger partial charge in [0, 0.05) is 25.5 Å². The Hall–Kier alpha value is -1.17. The smallest absolute Gasteiger partial charge is 0.310 e. The molecule has 6 heteroatoms. The van der Waals surface area contributed by atoms with E-state index < -0.39 is 0 Å². The summed E-state index contributed by atoms with van der Waals surface area (Å²) in [4.78, 5) is 22.0. The lowest BCUT2D eigenvalue weighted by Crippen LogP contribution is -2.25. The van der Waals surface area contributed by atoms with Crippen molar-refractivity contribution in [2.45, 2.75) is 6.92 Å². The maximum absolute atomic E-state index is 11.6. The van der Waals surface area contributed by atoms with Crippen LogP contribution in [0, 0.1) is 11.8 Å². The van der Waals surface area contributed by atoms with Crippen molar-refractivity contribution in [2.24, 2.45) is 11.8 Å². The monoisotopic (exact) mass is 299 g/mol. The Morgan fingerprint density at radius 3 is 2.71 bits per heavy atom. The van der Waals surface area contributed by atoms with Crippen LogP contribution in [-0.2, 0) is 9.53 Å². The van der Waals surface area contributed by atoms with Crippen LogP contribution >= 0.6 is 15.9 Å². The van der Waals surface area contributed by atoms with Gasteiger partial charge >= 0.3 is 5.97 Å². The number of carbonyl (C=O) groups excluding carboxylic acids is 1. The van der Waals surface area contributed by atoms with Crippen molar-refractivity contribution in [3.05, 3.63) is 16.9 Å². The number of ether oxygens (including phenoxy) is 1. The number of methoxy groups -OCH3 is 1. The van der Waals surface area contributed by atoms with Crippen LogP contribution in [0.1, 0.15) is 6.92 Å². The molecule has 5 nitrogen and oxygen atoms in total. The molecule has 0 amide bonds. The molecule has 2 heterocycles. The zero-order valence-electron chi connectivity index (χ0n) is 9.76. The van der Waals surface area contributed by atoms with Crippen LogP contribution in [-0.4, -0.2) is 36.1 Å². The molecule has 1 aliphatic rings. The van der Waals surface area contributed by atoms with Crippen molar-refractivity contribution in [1.82, 2.24) is 9.97 Å². The maximum atomic E-state index is 11.6. The van der Waals surface area contributed by atoms with Gasteiger partial charge in [-0.1, -0.05) is 6.92 Å². The molecule has 2 atom stereocenters. The number of rotatable bonds is 2. The third-order valence-electron chi connectivity index (χ3n) is 3.01. The van der Waals surface area contributed by atoms with Crippen molar-refractivity contribution in [3.63, 3.8) is 0 Å². The first kappa shape index (κ1) is 12.3. The molecule has 0 bridgehead atoms. The van der Waals surface area contributed by atoms with Gasteiger partial charge in [0.2, 0.25) is 5.95 Å². The lowest BCUT2D eigenvalue weighted by Gasteiger charge is -2.15. The molecular formula is C11H14BrN3O2. The first-order valence-corrected chi connectivity index (χ1v) is 6.21. The van der Waals surface area contributed by atoms with Crippen LogP contribution in [0.3, 0.4) is 0 Å². The molecule has 17 heavy (non-hydrogen) atoms. The van der Waals surface area contributed by atoms with Gasteiger partial charge in [0.05, 0.1) is 17.5 Å². The lowest BCUT2D eigenvalue weighted by molar-refractivity contribution is -0.145. The summed E-state index contributed by atoms with van der Waals surface area (Å²) in [6, 6.07) is 0. The second kappa shape index (κ2) is 5.00. The summed E-state index contributed by atoms with van der Waals surface area (Å²) in [5.41, 5.74) is 0. The molecule has 0 aromatic carbocycles. The molecular weight excluding hydrogens is 286 g/mol. The van der Waals surface area contributed by atoms with E-state index in [4.69, 9.17) is 4.74 Å². The Bertz CT molecular complexity index is 410. The van der Waals surface area contributed by atoms with Crippen LogP contribution in [0.25, 0.3) is 0 Å². The van der Waals surface area contributed by atoms with Gasteiger partial charge in [0.25, 0.3) is 0 Å². The molecule has 0 saturated carbocycles. The van der Waals surface area contributed by atoms with Crippen molar-refractivity contribution in [3.8, 4) is 0 Å². The summed E-state index contributed by atoms with van der Waals surface area (Å²) in [5, 5.41) is 0. The molecule has 0 radical (unpaired) electrons. The number of esters is 1. The van der Waals surface area contributed by atoms with Gasteiger partial charge in [-0.15, -0.1) is 0 Å². The van der Waals surface area contributed by atoms with Crippen molar-refractivity contribution in [1.29, 1.82) is 0 Å². The lowest BCUT2D eigenvalue weighted by atomic mass is 9.99. The van der Waals surface area contributed by atoms with E-state index in [-0.39, 0.29) is 17.8 Å². The molecule has 0 N–H and O–H groups in total. The average Bonchev–Trinajstić information content (AvgIpc) is 2.71. The van der Waals surface area contributed by atoms with E-state index in [0.717, 1.165) is 11.0 Å². The predicted octanol–water partition coefficient (Wildman–Crippen LogP) is 1.48. The minimum Gasteiger partial charge on any atom is -0.469 e. The fourth-order valence-electron chi connectivity index (χ4n) is 2.06. The van der Waals surface area contributed by atoms with E-state index in [1.165, 1.54) is 7.11 Å². The van der Waals surface area contributed by atoms with Gasteiger partial charge in [0.1, 0.15) is 0 Å². The second-order valence-electron chi connectivity index (χ2n) is 4.21. The van der Waals surface area contributed by atoms with Gasteiger partial charge in [-0.2, -0.15) is 0 Å². The normalized spacial score (nSPS) is 23.8. The first-order chi connectivity index (χ1) is 8.11. The fraction of sp³-hybridized carbons (Fsp3) is 0.545. The van der Waals surface area contributed by atoms with Crippen molar-refractivity contribution in [2.75, 3.05) is 25.1 Å². The molecule has 1 fully saturated rings. The Morgan fingerprint density at radius 2 is 2.12 bits per heavy atom. The van der Waals surface area contributed by atoms with Crippen LogP contribution < -0.4 is 4.90 Å². The van der Waals surface area contributed by atoms with E-state index >= 15 is 0 Å². The van der Waals surface area contributed by atoms with Crippen LogP contribution in [0.2, 0.25) is 0 Å². The molecule has 2 unspecified atom stereocenters. The summed E-state index contributed by atoms with van der Waals surface area (Å²) in [7, 11) is 1.42. The highest BCUT2D eigenvalue weighted by atomic mass is 79.9. The van der Waals surface area contributed by atoms with E-state index in [9.17, 15) is 4.79 Å². The summed E-state index contributed by atoms with van der Waals surface area (Å²) in [5.74, 6) is 0.672. The van der Waals surface area contributed by atoms with Gasteiger partial charge in [-0.05, 0) is 21.8 Å². The van der Waals surface area contributed by atoms with Crippen LogP contribution in [0.4, 0.5) is 5.95 Å². The third-order valence-corrected chi connectivity index (χ3v) is 3.42. The van der Waals surface area contributed by atoms with Crippen LogP contribution in [0.5, 0.6) is 0 Å². The molecule has 1 aliphatic heterocycles. The summed E-state index contributed by atoms with van der Waals surface area (Å²) in [6.07, 6.45) is 3.41. The topological polar surface area (TPSA) is 55.3 Å². The van der Waals surface area contributed by atoms with Gasteiger partial charge in [-0.3, -0.25) is 4.79 Å². The molecule has 1 saturated heterocycles. The largest absolute Gasteiger partial charge is 0.469 e. The number of hydrogen-bond acceptors (Lipinski definition) is 5. The van der Waals surface area contributed by atoms with E-state index in [2.05, 4.69) is 25.9 Å². The predicted molar refractivity (Wildman–Crippen MR) is 66.6 cm³/mol. The minimum atomic E-state index is -0.155. The number of anilines is 1. The highest BCUT2D eigenvalue weighted by Crippen LogP contribution is 2.26. The highest BCUT2D eigenvalue weighted by molar-refractivity contribution is 9.10. The van der Waals surface area contributed by atoms with Crippen molar-refractivity contribution < 1.29 is 9.53 Å². The van der Waals surface area contributed by atoms with Gasteiger partial charge in [0.15, 0.2) is 0 Å². The summed E-state index contributed by atoms with van der Waals surface area (Å²) < 4.78 is 5.64. The quantitative estimate of drug-likeness (QED) is 0.774. The SMILES string of the molecule is COC(=O)C1CN(c2ncc(Br)cn2)CC1C. The van der Waals surface area contributed by atoms with Crippen LogP contribution in [0.15, 0.2) is 16.9 Å². The van der Waals surface area contributed by atoms with E-state index in [1.54, 1.807) is 12.4 Å². The molecule has 92 valence electrons. The fourth-order valence-corrected chi connectivity index (χ4v) is 2.26. The standard InChI is InChI=1S/C11H14BrN3O2/c1-7-5-15(6-9(7)10(16)17-2)11-13-3-8(12)4-14-11/h3-4,7,9H,5-6H2,1-2H3. The molecule has 1 aromatic rings. The Morgan fingerprint density at radius 1 is 1.47 bits per heavy atom. The van der Waals surface area contributed by atoms with Gasteiger partial charge < -0.3 is 9.64 Å². The summed E-state index contributed by atoms with van der Waals surface area (Å²) in [6.45, 7) is 3.44. The molecule has 0 aliphatic carbocycles. The van der Waals surface area contributed by atoms with Gasteiger partial charge in [-0.25, -0.2) is 9.97 Å². The summed E-state index contributed by atoms with van der Waals surface area (Å²) >= 11 is 3.29. The Kier molecular flexibility index (Phi) is 3.61. The number of carbonyl (C=O) groups is 1.